The van der Waals surface area contributed by atoms with Crippen molar-refractivity contribution in [2.45, 2.75) is 33.1 Å². The number of benzene rings is 4. The van der Waals surface area contributed by atoms with E-state index in [-0.39, 0.29) is 17.1 Å². The van der Waals surface area contributed by atoms with Gasteiger partial charge in [-0.15, -0.1) is 0 Å². The summed E-state index contributed by atoms with van der Waals surface area (Å²) >= 11 is 0. The van der Waals surface area contributed by atoms with Crippen molar-refractivity contribution in [3.05, 3.63) is 117 Å². The molecule has 34 heavy (non-hydrogen) atoms. The van der Waals surface area contributed by atoms with Gasteiger partial charge in [0.1, 0.15) is 11.5 Å². The molecule has 4 aromatic carbocycles. The summed E-state index contributed by atoms with van der Waals surface area (Å²) in [5.74, 6) is -0.529. The van der Waals surface area contributed by atoms with E-state index in [4.69, 9.17) is 0 Å². The van der Waals surface area contributed by atoms with E-state index in [1.165, 1.54) is 0 Å². The minimum absolute atomic E-state index is 0.231. The summed E-state index contributed by atoms with van der Waals surface area (Å²) in [5.41, 5.74) is 7.49. The van der Waals surface area contributed by atoms with Crippen LogP contribution in [0.4, 0.5) is 0 Å². The van der Waals surface area contributed by atoms with Gasteiger partial charge >= 0.3 is 5.97 Å². The van der Waals surface area contributed by atoms with Crippen molar-refractivity contribution in [3.63, 3.8) is 0 Å². The Hall–Kier alpha value is -4.05. The second-order valence-corrected chi connectivity index (χ2v) is 9.25. The zero-order chi connectivity index (χ0) is 24.4. The van der Waals surface area contributed by atoms with Crippen LogP contribution >= 0.6 is 0 Å². The van der Waals surface area contributed by atoms with Crippen LogP contribution in [0.15, 0.2) is 66.7 Å². The van der Waals surface area contributed by atoms with Crippen molar-refractivity contribution in [1.82, 2.24) is 0 Å². The lowest BCUT2D eigenvalue weighted by molar-refractivity contribution is 0.0695. The number of carboxylic acid groups (broad SMARTS) is 1. The van der Waals surface area contributed by atoms with Crippen LogP contribution in [0.5, 0.6) is 11.5 Å². The van der Waals surface area contributed by atoms with Gasteiger partial charge in [0.25, 0.3) is 0 Å². The van der Waals surface area contributed by atoms with Crippen LogP contribution in [0, 0.1) is 27.7 Å². The molecule has 1 aliphatic carbocycles. The summed E-state index contributed by atoms with van der Waals surface area (Å²) in [6, 6.07) is 21.2. The van der Waals surface area contributed by atoms with E-state index >= 15 is 0 Å². The Morgan fingerprint density at radius 2 is 1.15 bits per heavy atom. The molecule has 1 aliphatic rings. The van der Waals surface area contributed by atoms with Crippen molar-refractivity contribution in [2.24, 2.45) is 0 Å². The standard InChI is InChI=1S/C30H26O4/c1-16-12-20(13-17(2)27(16)31)30(21-14-18(3)28(32)19(4)15-21)25-11-6-5-8-22(25)23-9-7-10-24(26(23)30)29(33)34/h5-15,31-32H,1-4H3,(H,33,34). The molecule has 4 aromatic rings. The summed E-state index contributed by atoms with van der Waals surface area (Å²) in [6.45, 7) is 7.44. The molecule has 0 aliphatic heterocycles. The molecular formula is C30H26O4. The first-order valence-corrected chi connectivity index (χ1v) is 11.3. The van der Waals surface area contributed by atoms with Crippen LogP contribution < -0.4 is 0 Å². The quantitative estimate of drug-likeness (QED) is 0.297. The van der Waals surface area contributed by atoms with E-state index in [1.807, 2.05) is 76.2 Å². The Morgan fingerprint density at radius 3 is 1.65 bits per heavy atom. The number of carbonyl (C=O) groups is 1. The highest BCUT2D eigenvalue weighted by Crippen LogP contribution is 2.58. The maximum atomic E-state index is 12.6. The molecule has 4 nitrogen and oxygen atoms in total. The molecule has 4 heteroatoms. The Balaban J connectivity index is 2.06. The number of hydrogen-bond acceptors (Lipinski definition) is 3. The Labute approximate surface area is 198 Å². The minimum atomic E-state index is -0.992. The molecule has 5 rings (SSSR count). The van der Waals surface area contributed by atoms with Gasteiger partial charge in [0.2, 0.25) is 0 Å². The van der Waals surface area contributed by atoms with E-state index in [0.29, 0.717) is 5.56 Å². The van der Waals surface area contributed by atoms with Gasteiger partial charge in [0.15, 0.2) is 0 Å². The van der Waals surface area contributed by atoms with Crippen molar-refractivity contribution >= 4 is 5.97 Å². The molecule has 0 fully saturated rings. The molecule has 0 aromatic heterocycles. The summed E-state index contributed by atoms with van der Waals surface area (Å²) in [6.07, 6.45) is 0. The smallest absolute Gasteiger partial charge is 0.336 e. The minimum Gasteiger partial charge on any atom is -0.507 e. The lowest BCUT2D eigenvalue weighted by atomic mass is 9.65. The van der Waals surface area contributed by atoms with Gasteiger partial charge in [-0.05, 0) is 89.4 Å². The van der Waals surface area contributed by atoms with Gasteiger partial charge in [-0.1, -0.05) is 60.7 Å². The lowest BCUT2D eigenvalue weighted by Gasteiger charge is -2.36. The maximum absolute atomic E-state index is 12.6. The Bertz CT molecular complexity index is 1390. The third-order valence-electron chi connectivity index (χ3n) is 7.14. The first kappa shape index (κ1) is 21.8. The molecule has 0 amide bonds. The van der Waals surface area contributed by atoms with Gasteiger partial charge < -0.3 is 15.3 Å². The van der Waals surface area contributed by atoms with Crippen LogP contribution in [0.25, 0.3) is 11.1 Å². The van der Waals surface area contributed by atoms with Crippen molar-refractivity contribution in [3.8, 4) is 22.6 Å². The molecule has 0 atom stereocenters. The molecule has 0 saturated heterocycles. The highest BCUT2D eigenvalue weighted by molar-refractivity contribution is 5.98. The van der Waals surface area contributed by atoms with Crippen molar-refractivity contribution < 1.29 is 20.1 Å². The molecule has 0 bridgehead atoms. The van der Waals surface area contributed by atoms with E-state index < -0.39 is 11.4 Å². The summed E-state index contributed by atoms with van der Waals surface area (Å²) < 4.78 is 0. The summed E-state index contributed by atoms with van der Waals surface area (Å²) in [5, 5.41) is 31.4. The number of aromatic hydroxyl groups is 2. The average Bonchev–Trinajstić information content (AvgIpc) is 3.11. The Morgan fingerprint density at radius 1 is 0.676 bits per heavy atom. The highest BCUT2D eigenvalue weighted by Gasteiger charge is 2.48. The van der Waals surface area contributed by atoms with Gasteiger partial charge in [0.05, 0.1) is 11.0 Å². The maximum Gasteiger partial charge on any atom is 0.336 e. The number of aryl methyl sites for hydroxylation is 4. The zero-order valence-corrected chi connectivity index (χ0v) is 19.6. The molecule has 0 spiro atoms. The molecule has 0 unspecified atom stereocenters. The fourth-order valence-corrected chi connectivity index (χ4v) is 5.65. The largest absolute Gasteiger partial charge is 0.507 e. The monoisotopic (exact) mass is 450 g/mol. The van der Waals surface area contributed by atoms with Crippen LogP contribution in [-0.2, 0) is 5.41 Å². The Kier molecular flexibility index (Phi) is 4.80. The molecule has 170 valence electrons. The lowest BCUT2D eigenvalue weighted by Crippen LogP contribution is -2.31. The number of hydrogen-bond donors (Lipinski definition) is 3. The van der Waals surface area contributed by atoms with Gasteiger partial charge in [0, 0.05) is 0 Å². The molecule has 3 N–H and O–H groups in total. The fraction of sp³-hybridized carbons (Fsp3) is 0.167. The van der Waals surface area contributed by atoms with Gasteiger partial charge in [-0.2, -0.15) is 0 Å². The van der Waals surface area contributed by atoms with Gasteiger partial charge in [-0.3, -0.25) is 0 Å². The third-order valence-corrected chi connectivity index (χ3v) is 7.14. The third kappa shape index (κ3) is 2.81. The van der Waals surface area contributed by atoms with E-state index in [0.717, 1.165) is 50.1 Å². The number of aromatic carboxylic acids is 1. The van der Waals surface area contributed by atoms with Crippen molar-refractivity contribution in [1.29, 1.82) is 0 Å². The van der Waals surface area contributed by atoms with Crippen LogP contribution in [0.1, 0.15) is 54.9 Å². The predicted molar refractivity (Wildman–Crippen MR) is 133 cm³/mol. The SMILES string of the molecule is Cc1cc(C2(c3cc(C)c(O)c(C)c3)c3ccccc3-c3cccc(C(=O)O)c32)cc(C)c1O. The van der Waals surface area contributed by atoms with Gasteiger partial charge in [-0.25, -0.2) is 4.79 Å². The first-order chi connectivity index (χ1) is 16.2. The number of carboxylic acids is 1. The highest BCUT2D eigenvalue weighted by atomic mass is 16.4. The number of rotatable bonds is 3. The predicted octanol–water partition coefficient (Wildman–Crippen LogP) is 6.39. The van der Waals surface area contributed by atoms with E-state index in [1.54, 1.807) is 12.1 Å². The zero-order valence-electron chi connectivity index (χ0n) is 19.6. The van der Waals surface area contributed by atoms with Crippen LogP contribution in [-0.4, -0.2) is 21.3 Å². The van der Waals surface area contributed by atoms with E-state index in [2.05, 4.69) is 6.07 Å². The normalized spacial score (nSPS) is 13.4. The molecule has 0 saturated carbocycles. The first-order valence-electron chi connectivity index (χ1n) is 11.3. The molecular weight excluding hydrogens is 424 g/mol. The van der Waals surface area contributed by atoms with Crippen molar-refractivity contribution in [2.75, 3.05) is 0 Å². The average molecular weight is 451 g/mol. The molecule has 0 heterocycles. The number of fused-ring (bicyclic) bond motifs is 3. The number of phenols is 2. The summed E-state index contributed by atoms with van der Waals surface area (Å²) in [7, 11) is 0. The summed E-state index contributed by atoms with van der Waals surface area (Å²) in [4.78, 5) is 12.6. The fourth-order valence-electron chi connectivity index (χ4n) is 5.65. The van der Waals surface area contributed by atoms with E-state index in [9.17, 15) is 20.1 Å². The number of phenolic OH excluding ortho intramolecular Hbond substituents is 2. The second kappa shape index (κ2) is 7.49. The topological polar surface area (TPSA) is 77.8 Å². The second-order valence-electron chi connectivity index (χ2n) is 9.25. The van der Waals surface area contributed by atoms with Crippen LogP contribution in [0.2, 0.25) is 0 Å². The molecule has 0 radical (unpaired) electrons. The van der Waals surface area contributed by atoms with Crippen LogP contribution in [0.3, 0.4) is 0 Å².